The van der Waals surface area contributed by atoms with E-state index in [9.17, 15) is 0 Å². The third kappa shape index (κ3) is 3.88. The van der Waals surface area contributed by atoms with Gasteiger partial charge in [0.15, 0.2) is 0 Å². The van der Waals surface area contributed by atoms with Crippen molar-refractivity contribution < 1.29 is 0 Å². The van der Waals surface area contributed by atoms with Gasteiger partial charge in [0, 0.05) is 12.4 Å². The molecule has 1 N–H and O–H groups in total. The molecule has 0 aliphatic heterocycles. The van der Waals surface area contributed by atoms with Crippen molar-refractivity contribution in [3.8, 4) is 0 Å². The first-order valence-corrected chi connectivity index (χ1v) is 5.30. The molecule has 0 amide bonds. The van der Waals surface area contributed by atoms with Crippen LogP contribution in [0.2, 0.25) is 0 Å². The fourth-order valence-corrected chi connectivity index (χ4v) is 1.37. The van der Waals surface area contributed by atoms with Crippen molar-refractivity contribution in [3.05, 3.63) is 29.6 Å². The summed E-state index contributed by atoms with van der Waals surface area (Å²) in [6.07, 6.45) is 4.89. The van der Waals surface area contributed by atoms with Gasteiger partial charge >= 0.3 is 0 Å². The second kappa shape index (κ2) is 5.76. The molecule has 0 saturated carbocycles. The van der Waals surface area contributed by atoms with E-state index in [0.29, 0.717) is 0 Å². The average molecular weight is 192 g/mol. The maximum atomic E-state index is 4.13. The van der Waals surface area contributed by atoms with E-state index >= 15 is 0 Å². The molecule has 0 aromatic carbocycles. The van der Waals surface area contributed by atoms with Crippen molar-refractivity contribution in [1.82, 2.24) is 10.3 Å². The van der Waals surface area contributed by atoms with Crippen molar-refractivity contribution >= 4 is 0 Å². The Labute approximate surface area is 86.8 Å². The van der Waals surface area contributed by atoms with Crippen molar-refractivity contribution in [2.45, 2.75) is 27.2 Å². The van der Waals surface area contributed by atoms with Crippen LogP contribution < -0.4 is 5.32 Å². The molecule has 0 bridgehead atoms. The Morgan fingerprint density at radius 3 is 2.86 bits per heavy atom. The summed E-state index contributed by atoms with van der Waals surface area (Å²) in [5, 5.41) is 3.43. The van der Waals surface area contributed by atoms with Gasteiger partial charge < -0.3 is 5.32 Å². The van der Waals surface area contributed by atoms with Crippen molar-refractivity contribution in [3.63, 3.8) is 0 Å². The van der Waals surface area contributed by atoms with Crippen LogP contribution in [0.5, 0.6) is 0 Å². The molecule has 0 aliphatic carbocycles. The number of aromatic nitrogens is 1. The lowest BCUT2D eigenvalue weighted by Gasteiger charge is -2.08. The van der Waals surface area contributed by atoms with Gasteiger partial charge in [0.05, 0.1) is 0 Å². The first-order chi connectivity index (χ1) is 6.70. The predicted octanol–water partition coefficient (Wildman–Crippen LogP) is 2.18. The summed E-state index contributed by atoms with van der Waals surface area (Å²) >= 11 is 0. The second-order valence-electron chi connectivity index (χ2n) is 4.15. The highest BCUT2D eigenvalue weighted by atomic mass is 14.8. The van der Waals surface area contributed by atoms with Crippen molar-refractivity contribution in [2.24, 2.45) is 5.92 Å². The number of aryl methyl sites for hydroxylation is 1. The van der Waals surface area contributed by atoms with E-state index in [-0.39, 0.29) is 0 Å². The Hall–Kier alpha value is -0.890. The molecule has 0 atom stereocenters. The molecule has 2 nitrogen and oxygen atoms in total. The molecule has 0 aliphatic rings. The fourth-order valence-electron chi connectivity index (χ4n) is 1.37. The Bertz CT molecular complexity index is 269. The van der Waals surface area contributed by atoms with E-state index in [4.69, 9.17) is 0 Å². The molecule has 0 radical (unpaired) electrons. The van der Waals surface area contributed by atoms with Gasteiger partial charge in [-0.2, -0.15) is 0 Å². The number of hydrogen-bond acceptors (Lipinski definition) is 2. The molecule has 1 aromatic heterocycles. The standard InChI is InChI=1S/C12H20N2/c1-10(2)8-13-7-5-12-9-14-6-4-11(12)3/h4,6,9-10,13H,5,7-8H2,1-3H3. The van der Waals surface area contributed by atoms with Gasteiger partial charge in [0.25, 0.3) is 0 Å². The van der Waals surface area contributed by atoms with Gasteiger partial charge in [0.2, 0.25) is 0 Å². The third-order valence-corrected chi connectivity index (χ3v) is 2.27. The average Bonchev–Trinajstić information content (AvgIpc) is 2.15. The van der Waals surface area contributed by atoms with E-state index in [2.05, 4.69) is 37.1 Å². The molecule has 0 unspecified atom stereocenters. The van der Waals surface area contributed by atoms with Gasteiger partial charge in [-0.05, 0) is 49.5 Å². The maximum absolute atomic E-state index is 4.13. The van der Waals surface area contributed by atoms with Crippen LogP contribution in [0.1, 0.15) is 25.0 Å². The summed E-state index contributed by atoms with van der Waals surface area (Å²) in [5.74, 6) is 0.727. The van der Waals surface area contributed by atoms with Crippen LogP contribution in [0.15, 0.2) is 18.5 Å². The van der Waals surface area contributed by atoms with Crippen LogP contribution in [-0.2, 0) is 6.42 Å². The number of rotatable bonds is 5. The van der Waals surface area contributed by atoms with Gasteiger partial charge in [-0.3, -0.25) is 4.98 Å². The lowest BCUT2D eigenvalue weighted by molar-refractivity contribution is 0.554. The van der Waals surface area contributed by atoms with E-state index in [1.54, 1.807) is 0 Å². The Morgan fingerprint density at radius 2 is 2.21 bits per heavy atom. The van der Waals surface area contributed by atoms with Crippen LogP contribution in [0, 0.1) is 12.8 Å². The quantitative estimate of drug-likeness (QED) is 0.723. The first-order valence-electron chi connectivity index (χ1n) is 5.30. The summed E-state index contributed by atoms with van der Waals surface area (Å²) in [6, 6.07) is 2.07. The summed E-state index contributed by atoms with van der Waals surface area (Å²) in [4.78, 5) is 4.13. The third-order valence-electron chi connectivity index (χ3n) is 2.27. The first kappa shape index (κ1) is 11.2. The highest BCUT2D eigenvalue weighted by Gasteiger charge is 1.97. The second-order valence-corrected chi connectivity index (χ2v) is 4.15. The molecule has 1 aromatic rings. The molecule has 1 rings (SSSR count). The molecular weight excluding hydrogens is 172 g/mol. The summed E-state index contributed by atoms with van der Waals surface area (Å²) < 4.78 is 0. The minimum atomic E-state index is 0.727. The van der Waals surface area contributed by atoms with Gasteiger partial charge in [-0.1, -0.05) is 13.8 Å². The smallest absolute Gasteiger partial charge is 0.0302 e. The molecule has 78 valence electrons. The molecular formula is C12H20N2. The zero-order valence-electron chi connectivity index (χ0n) is 9.38. The van der Waals surface area contributed by atoms with Crippen molar-refractivity contribution in [2.75, 3.05) is 13.1 Å². The summed E-state index contributed by atoms with van der Waals surface area (Å²) in [7, 11) is 0. The lowest BCUT2D eigenvalue weighted by Crippen LogP contribution is -2.22. The molecule has 2 heteroatoms. The fraction of sp³-hybridized carbons (Fsp3) is 0.583. The monoisotopic (exact) mass is 192 g/mol. The van der Waals surface area contributed by atoms with E-state index in [1.165, 1.54) is 11.1 Å². The van der Waals surface area contributed by atoms with Gasteiger partial charge in [0.1, 0.15) is 0 Å². The molecule has 0 fully saturated rings. The number of nitrogens with zero attached hydrogens (tertiary/aromatic N) is 1. The van der Waals surface area contributed by atoms with Crippen LogP contribution in [0.25, 0.3) is 0 Å². The Balaban J connectivity index is 2.28. The zero-order valence-corrected chi connectivity index (χ0v) is 9.38. The number of hydrogen-bond donors (Lipinski definition) is 1. The normalized spacial score (nSPS) is 10.9. The highest BCUT2D eigenvalue weighted by molar-refractivity contribution is 5.21. The maximum Gasteiger partial charge on any atom is 0.0302 e. The van der Waals surface area contributed by atoms with Crippen LogP contribution in [-0.4, -0.2) is 18.1 Å². The summed E-state index contributed by atoms with van der Waals surface area (Å²) in [6.45, 7) is 8.73. The minimum absolute atomic E-state index is 0.727. The molecule has 0 saturated heterocycles. The van der Waals surface area contributed by atoms with Crippen molar-refractivity contribution in [1.29, 1.82) is 0 Å². The van der Waals surface area contributed by atoms with E-state index < -0.39 is 0 Å². The van der Waals surface area contributed by atoms with Gasteiger partial charge in [-0.15, -0.1) is 0 Å². The predicted molar refractivity (Wildman–Crippen MR) is 60.4 cm³/mol. The van der Waals surface area contributed by atoms with Crippen LogP contribution in [0.4, 0.5) is 0 Å². The lowest BCUT2D eigenvalue weighted by atomic mass is 10.1. The Kier molecular flexibility index (Phi) is 4.60. The number of pyridine rings is 1. The SMILES string of the molecule is Cc1ccncc1CCNCC(C)C. The van der Waals surface area contributed by atoms with Gasteiger partial charge in [-0.25, -0.2) is 0 Å². The van der Waals surface area contributed by atoms with E-state index in [1.807, 2.05) is 12.4 Å². The van der Waals surface area contributed by atoms with Crippen LogP contribution in [0.3, 0.4) is 0 Å². The topological polar surface area (TPSA) is 24.9 Å². The van der Waals surface area contributed by atoms with Crippen LogP contribution >= 0.6 is 0 Å². The Morgan fingerprint density at radius 1 is 1.43 bits per heavy atom. The number of nitrogens with one attached hydrogen (secondary N) is 1. The molecule has 0 spiro atoms. The zero-order chi connectivity index (χ0) is 10.4. The summed E-state index contributed by atoms with van der Waals surface area (Å²) in [5.41, 5.74) is 2.69. The minimum Gasteiger partial charge on any atom is -0.316 e. The highest BCUT2D eigenvalue weighted by Crippen LogP contribution is 2.04. The van der Waals surface area contributed by atoms with E-state index in [0.717, 1.165) is 25.4 Å². The molecule has 1 heterocycles. The largest absolute Gasteiger partial charge is 0.316 e. The molecule has 14 heavy (non-hydrogen) atoms.